The molecule has 0 bridgehead atoms. The number of nitrogens with zero attached hydrogens (tertiary/aromatic N) is 1. The van der Waals surface area contributed by atoms with Crippen molar-refractivity contribution in [1.82, 2.24) is 0 Å². The van der Waals surface area contributed by atoms with Gasteiger partial charge in [-0.25, -0.2) is 0 Å². The molecule has 0 radical (unpaired) electrons. The Morgan fingerprint density at radius 1 is 1.55 bits per heavy atom. The van der Waals surface area contributed by atoms with E-state index in [9.17, 15) is 0 Å². The maximum Gasteiger partial charge on any atom is 0.185 e. The summed E-state index contributed by atoms with van der Waals surface area (Å²) in [5.74, 6) is 0.606. The molecule has 0 fully saturated rings. The van der Waals surface area contributed by atoms with Gasteiger partial charge < -0.3 is 17.2 Å². The highest BCUT2D eigenvalue weighted by atomic mass is 127. The maximum absolute atomic E-state index is 5.46. The van der Waals surface area contributed by atoms with Crippen LogP contribution in [0.1, 0.15) is 6.92 Å². The van der Waals surface area contributed by atoms with E-state index in [0.717, 1.165) is 0 Å². The van der Waals surface area contributed by atoms with E-state index in [1.165, 1.54) is 0 Å². The molecule has 0 saturated heterocycles. The fraction of sp³-hybridized carbons (Fsp3) is 0.833. The molecule has 0 spiro atoms. The second kappa shape index (κ2) is 5.59. The molecule has 0 amide bonds. The van der Waals surface area contributed by atoms with Crippen molar-refractivity contribution in [2.75, 3.05) is 13.1 Å². The zero-order valence-electron chi connectivity index (χ0n) is 6.63. The SMILES string of the molecule is CC(CN)C(I)CN=C(N)N. The van der Waals surface area contributed by atoms with Gasteiger partial charge in [0.25, 0.3) is 0 Å². The van der Waals surface area contributed by atoms with Crippen LogP contribution in [-0.4, -0.2) is 23.0 Å². The van der Waals surface area contributed by atoms with E-state index in [4.69, 9.17) is 17.2 Å². The molecule has 0 saturated carbocycles. The van der Waals surface area contributed by atoms with Crippen molar-refractivity contribution < 1.29 is 0 Å². The highest BCUT2D eigenvalue weighted by molar-refractivity contribution is 14.1. The number of nitrogens with two attached hydrogens (primary N) is 3. The molecule has 11 heavy (non-hydrogen) atoms. The lowest BCUT2D eigenvalue weighted by Gasteiger charge is -2.13. The molecule has 0 aromatic carbocycles. The predicted molar refractivity (Wildman–Crippen MR) is 56.7 cm³/mol. The summed E-state index contributed by atoms with van der Waals surface area (Å²) in [5.41, 5.74) is 15.8. The topological polar surface area (TPSA) is 90.4 Å². The first-order valence-corrected chi connectivity index (χ1v) is 4.72. The van der Waals surface area contributed by atoms with Gasteiger partial charge in [0, 0.05) is 3.92 Å². The number of aliphatic imine (C=N–C) groups is 1. The number of guanidine groups is 1. The van der Waals surface area contributed by atoms with Gasteiger partial charge in [-0.1, -0.05) is 29.5 Å². The van der Waals surface area contributed by atoms with E-state index in [-0.39, 0.29) is 5.96 Å². The minimum Gasteiger partial charge on any atom is -0.370 e. The summed E-state index contributed by atoms with van der Waals surface area (Å²) in [7, 11) is 0. The molecule has 6 N–H and O–H groups in total. The molecule has 4 nitrogen and oxygen atoms in total. The van der Waals surface area contributed by atoms with Crippen LogP contribution in [0.5, 0.6) is 0 Å². The molecular weight excluding hydrogens is 255 g/mol. The highest BCUT2D eigenvalue weighted by Crippen LogP contribution is 2.11. The van der Waals surface area contributed by atoms with Crippen LogP contribution in [0.3, 0.4) is 0 Å². The predicted octanol–water partition coefficient (Wildman–Crippen LogP) is -0.342. The first-order chi connectivity index (χ1) is 5.07. The third-order valence-electron chi connectivity index (χ3n) is 1.44. The van der Waals surface area contributed by atoms with E-state index >= 15 is 0 Å². The Balaban J connectivity index is 3.68. The summed E-state index contributed by atoms with van der Waals surface area (Å²) < 4.78 is 0.416. The summed E-state index contributed by atoms with van der Waals surface area (Å²) in [6.45, 7) is 3.41. The van der Waals surface area contributed by atoms with Crippen LogP contribution in [0.2, 0.25) is 0 Å². The lowest BCUT2D eigenvalue weighted by molar-refractivity contribution is 0.584. The number of halogens is 1. The third-order valence-corrected chi connectivity index (χ3v) is 3.06. The van der Waals surface area contributed by atoms with Crippen molar-refractivity contribution in [2.45, 2.75) is 10.8 Å². The lowest BCUT2D eigenvalue weighted by Crippen LogP contribution is -2.27. The largest absolute Gasteiger partial charge is 0.370 e. The Bertz CT molecular complexity index is 133. The van der Waals surface area contributed by atoms with Gasteiger partial charge in [-0.15, -0.1) is 0 Å². The van der Waals surface area contributed by atoms with Gasteiger partial charge in [0.1, 0.15) is 0 Å². The fourth-order valence-electron chi connectivity index (χ4n) is 0.520. The summed E-state index contributed by atoms with van der Waals surface area (Å²) in [6, 6.07) is 0. The Labute approximate surface area is 80.7 Å². The molecule has 2 unspecified atom stereocenters. The minimum absolute atomic E-state index is 0.149. The quantitative estimate of drug-likeness (QED) is 0.282. The molecule has 0 rings (SSSR count). The fourth-order valence-corrected chi connectivity index (χ4v) is 1.01. The van der Waals surface area contributed by atoms with Crippen LogP contribution >= 0.6 is 22.6 Å². The Morgan fingerprint density at radius 3 is 2.45 bits per heavy atom. The number of hydrogen-bond acceptors (Lipinski definition) is 2. The molecule has 66 valence electrons. The van der Waals surface area contributed by atoms with Crippen molar-refractivity contribution in [2.24, 2.45) is 28.1 Å². The van der Waals surface area contributed by atoms with Crippen molar-refractivity contribution in [3.8, 4) is 0 Å². The molecule has 0 aromatic heterocycles. The van der Waals surface area contributed by atoms with Crippen LogP contribution in [0.25, 0.3) is 0 Å². The first kappa shape index (κ1) is 11.0. The monoisotopic (exact) mass is 270 g/mol. The van der Waals surface area contributed by atoms with E-state index in [1.807, 2.05) is 0 Å². The average molecular weight is 270 g/mol. The van der Waals surface area contributed by atoms with E-state index in [1.54, 1.807) is 0 Å². The van der Waals surface area contributed by atoms with Crippen LogP contribution in [0, 0.1) is 5.92 Å². The zero-order chi connectivity index (χ0) is 8.85. The summed E-state index contributed by atoms with van der Waals surface area (Å²) in [4.78, 5) is 3.90. The highest BCUT2D eigenvalue weighted by Gasteiger charge is 2.10. The molecule has 5 heteroatoms. The van der Waals surface area contributed by atoms with Crippen molar-refractivity contribution in [1.29, 1.82) is 0 Å². The zero-order valence-corrected chi connectivity index (χ0v) is 8.78. The number of hydrogen-bond donors (Lipinski definition) is 3. The summed E-state index contributed by atoms with van der Waals surface area (Å²) >= 11 is 2.30. The maximum atomic E-state index is 5.46. The Morgan fingerprint density at radius 2 is 2.09 bits per heavy atom. The second-order valence-electron chi connectivity index (χ2n) is 2.49. The van der Waals surface area contributed by atoms with Gasteiger partial charge in [0.15, 0.2) is 5.96 Å². The van der Waals surface area contributed by atoms with Gasteiger partial charge in [-0.3, -0.25) is 4.99 Å². The van der Waals surface area contributed by atoms with Gasteiger partial charge in [-0.2, -0.15) is 0 Å². The second-order valence-corrected chi connectivity index (χ2v) is 4.09. The smallest absolute Gasteiger partial charge is 0.185 e. The normalized spacial score (nSPS) is 15.5. The van der Waals surface area contributed by atoms with E-state index in [0.29, 0.717) is 22.9 Å². The molecule has 0 aliphatic heterocycles. The average Bonchev–Trinajstić information content (AvgIpc) is 1.98. The van der Waals surface area contributed by atoms with Crippen LogP contribution in [0.4, 0.5) is 0 Å². The number of rotatable bonds is 4. The van der Waals surface area contributed by atoms with Gasteiger partial charge >= 0.3 is 0 Å². The van der Waals surface area contributed by atoms with Gasteiger partial charge in [0.2, 0.25) is 0 Å². The van der Waals surface area contributed by atoms with E-state index in [2.05, 4.69) is 34.5 Å². The molecule has 0 heterocycles. The van der Waals surface area contributed by atoms with Crippen molar-refractivity contribution in [3.63, 3.8) is 0 Å². The molecular formula is C6H15IN4. The van der Waals surface area contributed by atoms with E-state index < -0.39 is 0 Å². The Hall–Kier alpha value is -0.0400. The molecule has 0 aliphatic rings. The standard InChI is InChI=1S/C6H15IN4/c1-4(2-8)5(7)3-11-6(9)10/h4-5H,2-3,8H2,1H3,(H4,9,10,11). The molecule has 2 atom stereocenters. The van der Waals surface area contributed by atoms with Gasteiger partial charge in [-0.05, 0) is 12.5 Å². The van der Waals surface area contributed by atoms with Crippen molar-refractivity contribution in [3.05, 3.63) is 0 Å². The Kier molecular flexibility index (Phi) is 5.57. The van der Waals surface area contributed by atoms with Gasteiger partial charge in [0.05, 0.1) is 6.54 Å². The lowest BCUT2D eigenvalue weighted by atomic mass is 10.1. The minimum atomic E-state index is 0.149. The van der Waals surface area contributed by atoms with Crippen LogP contribution < -0.4 is 17.2 Å². The summed E-state index contributed by atoms with van der Waals surface area (Å²) in [6.07, 6.45) is 0. The number of alkyl halides is 1. The first-order valence-electron chi connectivity index (χ1n) is 3.47. The van der Waals surface area contributed by atoms with Crippen LogP contribution in [0.15, 0.2) is 4.99 Å². The van der Waals surface area contributed by atoms with Crippen molar-refractivity contribution >= 4 is 28.6 Å². The third kappa shape index (κ3) is 5.25. The molecule has 0 aliphatic carbocycles. The molecule has 0 aromatic rings. The van der Waals surface area contributed by atoms with Crippen LogP contribution in [-0.2, 0) is 0 Å². The summed E-state index contributed by atoms with van der Waals surface area (Å²) in [5, 5.41) is 0.